The number of nitrogens with zero attached hydrogens (tertiary/aromatic N) is 2. The van der Waals surface area contributed by atoms with Crippen molar-refractivity contribution in [2.75, 3.05) is 18.4 Å². The lowest BCUT2D eigenvalue weighted by Gasteiger charge is -2.27. The number of carbonyl (C=O) groups excluding carboxylic acids is 2. The Balaban J connectivity index is 1.83. The Morgan fingerprint density at radius 1 is 1.19 bits per heavy atom. The van der Waals surface area contributed by atoms with Gasteiger partial charge >= 0.3 is 0 Å². The van der Waals surface area contributed by atoms with Gasteiger partial charge in [-0.2, -0.15) is 0 Å². The molecular weight excluding hydrogens is 382 g/mol. The highest BCUT2D eigenvalue weighted by Crippen LogP contribution is 2.29. The summed E-state index contributed by atoms with van der Waals surface area (Å²) in [6.07, 6.45) is 4.75. The summed E-state index contributed by atoms with van der Waals surface area (Å²) in [4.78, 5) is 32.3. The molecule has 144 valence electrons. The Bertz CT molecular complexity index is 851. The van der Waals surface area contributed by atoms with Gasteiger partial charge in [-0.1, -0.05) is 32.4 Å². The number of hydrogen-bond donors (Lipinski definition) is 1. The first-order valence-electron chi connectivity index (χ1n) is 9.12. The molecule has 7 heteroatoms. The van der Waals surface area contributed by atoms with Crippen molar-refractivity contribution in [2.45, 2.75) is 45.4 Å². The van der Waals surface area contributed by atoms with E-state index in [1.54, 1.807) is 24.4 Å². The fourth-order valence-corrected chi connectivity index (χ4v) is 4.02. The summed E-state index contributed by atoms with van der Waals surface area (Å²) in [7, 11) is 0. The average molecular weight is 406 g/mol. The van der Waals surface area contributed by atoms with Crippen molar-refractivity contribution in [2.24, 2.45) is 0 Å². The zero-order valence-electron chi connectivity index (χ0n) is 15.8. The number of anilines is 1. The van der Waals surface area contributed by atoms with Crippen molar-refractivity contribution in [3.8, 4) is 0 Å². The van der Waals surface area contributed by atoms with Crippen LogP contribution in [0.15, 0.2) is 24.4 Å². The van der Waals surface area contributed by atoms with Gasteiger partial charge in [0, 0.05) is 23.5 Å². The molecule has 0 saturated carbocycles. The highest BCUT2D eigenvalue weighted by atomic mass is 35.5. The van der Waals surface area contributed by atoms with Crippen molar-refractivity contribution in [1.82, 2.24) is 9.88 Å². The van der Waals surface area contributed by atoms with E-state index in [1.807, 2.05) is 4.90 Å². The highest BCUT2D eigenvalue weighted by Gasteiger charge is 2.24. The van der Waals surface area contributed by atoms with E-state index in [1.165, 1.54) is 11.3 Å². The summed E-state index contributed by atoms with van der Waals surface area (Å²) in [6.45, 7) is 7.66. The predicted octanol–water partition coefficient (Wildman–Crippen LogP) is 4.97. The summed E-state index contributed by atoms with van der Waals surface area (Å²) in [5.74, 6) is -0.348. The molecule has 0 bridgehead atoms. The lowest BCUT2D eigenvalue weighted by atomic mass is 9.98. The first kappa shape index (κ1) is 19.8. The molecule has 5 nitrogen and oxygen atoms in total. The molecule has 0 spiro atoms. The van der Waals surface area contributed by atoms with Crippen molar-refractivity contribution in [3.63, 3.8) is 0 Å². The second-order valence-electron chi connectivity index (χ2n) is 7.78. The van der Waals surface area contributed by atoms with Gasteiger partial charge in [0.05, 0.1) is 22.5 Å². The number of nitrogens with one attached hydrogen (secondary N) is 1. The van der Waals surface area contributed by atoms with Crippen LogP contribution < -0.4 is 5.32 Å². The lowest BCUT2D eigenvalue weighted by Crippen LogP contribution is -2.36. The molecule has 2 amide bonds. The highest BCUT2D eigenvalue weighted by molar-refractivity contribution is 7.13. The number of rotatable bonds is 3. The number of aromatic nitrogens is 1. The van der Waals surface area contributed by atoms with Crippen molar-refractivity contribution >= 4 is 40.4 Å². The third-order valence-corrected chi connectivity index (χ3v) is 6.13. The summed E-state index contributed by atoms with van der Waals surface area (Å²) in [6, 6.07) is 4.99. The molecule has 1 aliphatic heterocycles. The molecule has 2 heterocycles. The van der Waals surface area contributed by atoms with Crippen molar-refractivity contribution in [1.29, 1.82) is 0 Å². The Morgan fingerprint density at radius 2 is 1.89 bits per heavy atom. The minimum Gasteiger partial charge on any atom is -0.339 e. The van der Waals surface area contributed by atoms with Crippen LogP contribution in [0.5, 0.6) is 0 Å². The van der Waals surface area contributed by atoms with Gasteiger partial charge in [0.2, 0.25) is 0 Å². The molecule has 1 saturated heterocycles. The van der Waals surface area contributed by atoms with Crippen LogP contribution in [0.25, 0.3) is 0 Å². The number of benzene rings is 1. The van der Waals surface area contributed by atoms with Gasteiger partial charge in [-0.05, 0) is 37.5 Å². The normalized spacial score (nSPS) is 14.9. The maximum absolute atomic E-state index is 12.9. The molecule has 1 aromatic heterocycles. The summed E-state index contributed by atoms with van der Waals surface area (Å²) in [5, 5.41) is 4.22. The van der Waals surface area contributed by atoms with Crippen LogP contribution in [-0.4, -0.2) is 34.8 Å². The third kappa shape index (κ3) is 4.68. The first-order valence-corrected chi connectivity index (χ1v) is 10.3. The van der Waals surface area contributed by atoms with E-state index in [2.05, 4.69) is 31.1 Å². The molecule has 2 aromatic rings. The van der Waals surface area contributed by atoms with E-state index < -0.39 is 0 Å². The Hall–Kier alpha value is -1.92. The fraction of sp³-hybridized carbons (Fsp3) is 0.450. The monoisotopic (exact) mass is 405 g/mol. The molecule has 1 fully saturated rings. The quantitative estimate of drug-likeness (QED) is 0.783. The second-order valence-corrected chi connectivity index (χ2v) is 9.24. The number of thiazole rings is 1. The molecule has 1 N–H and O–H groups in total. The van der Waals surface area contributed by atoms with Crippen LogP contribution >= 0.6 is 22.9 Å². The topological polar surface area (TPSA) is 62.3 Å². The average Bonchev–Trinajstić information content (AvgIpc) is 3.13. The standard InChI is InChI=1S/C20H24ClN3O2S/c1-20(2,3)19-22-12-16(27-19)17(25)23-15-11-13(21)7-8-14(15)18(26)24-9-5-4-6-10-24/h7-8,11-12H,4-6,9-10H2,1-3H3,(H,23,25). The number of halogens is 1. The number of amides is 2. The maximum Gasteiger partial charge on any atom is 0.267 e. The minimum absolute atomic E-state index is 0.0682. The minimum atomic E-state index is -0.280. The Morgan fingerprint density at radius 3 is 2.52 bits per heavy atom. The fourth-order valence-electron chi connectivity index (χ4n) is 2.98. The summed E-state index contributed by atoms with van der Waals surface area (Å²) in [5.41, 5.74) is 0.790. The van der Waals surface area contributed by atoms with Gasteiger partial charge in [0.15, 0.2) is 0 Å². The zero-order valence-corrected chi connectivity index (χ0v) is 17.4. The number of carbonyl (C=O) groups is 2. The van der Waals surface area contributed by atoms with E-state index in [4.69, 9.17) is 11.6 Å². The van der Waals surface area contributed by atoms with Crippen LogP contribution in [0.4, 0.5) is 5.69 Å². The molecule has 1 aromatic carbocycles. The molecule has 1 aliphatic rings. The van der Waals surface area contributed by atoms with Crippen LogP contribution in [0.2, 0.25) is 5.02 Å². The Kier molecular flexibility index (Phi) is 5.86. The van der Waals surface area contributed by atoms with E-state index in [-0.39, 0.29) is 17.2 Å². The molecule has 0 unspecified atom stereocenters. The zero-order chi connectivity index (χ0) is 19.6. The van der Waals surface area contributed by atoms with Gasteiger partial charge in [0.1, 0.15) is 4.88 Å². The summed E-state index contributed by atoms with van der Waals surface area (Å²) < 4.78 is 0. The van der Waals surface area contributed by atoms with E-state index >= 15 is 0 Å². The number of hydrogen-bond acceptors (Lipinski definition) is 4. The largest absolute Gasteiger partial charge is 0.339 e. The van der Waals surface area contributed by atoms with Gasteiger partial charge < -0.3 is 10.2 Å². The van der Waals surface area contributed by atoms with Crippen LogP contribution in [0.1, 0.15) is 65.1 Å². The van der Waals surface area contributed by atoms with Crippen LogP contribution in [0, 0.1) is 0 Å². The summed E-state index contributed by atoms with van der Waals surface area (Å²) >= 11 is 7.48. The van der Waals surface area contributed by atoms with E-state index in [0.717, 1.165) is 37.4 Å². The predicted molar refractivity (Wildman–Crippen MR) is 110 cm³/mol. The number of likely N-dealkylation sites (tertiary alicyclic amines) is 1. The van der Waals surface area contributed by atoms with Crippen LogP contribution in [0.3, 0.4) is 0 Å². The Labute approximate surface area is 168 Å². The molecule has 0 atom stereocenters. The van der Waals surface area contributed by atoms with Gasteiger partial charge in [-0.25, -0.2) is 4.98 Å². The number of piperidine rings is 1. The molecular formula is C20H24ClN3O2S. The van der Waals surface area contributed by atoms with Gasteiger partial charge in [0.25, 0.3) is 11.8 Å². The van der Waals surface area contributed by atoms with Crippen molar-refractivity contribution in [3.05, 3.63) is 44.9 Å². The third-order valence-electron chi connectivity index (χ3n) is 4.47. The molecule has 0 aliphatic carbocycles. The van der Waals surface area contributed by atoms with E-state index in [9.17, 15) is 9.59 Å². The smallest absolute Gasteiger partial charge is 0.267 e. The lowest BCUT2D eigenvalue weighted by molar-refractivity contribution is 0.0725. The first-order chi connectivity index (χ1) is 12.8. The maximum atomic E-state index is 12.9. The second kappa shape index (κ2) is 7.98. The SMILES string of the molecule is CC(C)(C)c1ncc(C(=O)Nc2cc(Cl)ccc2C(=O)N2CCCCC2)s1. The molecule has 0 radical (unpaired) electrons. The van der Waals surface area contributed by atoms with Crippen LogP contribution in [-0.2, 0) is 5.41 Å². The van der Waals surface area contributed by atoms with Gasteiger partial charge in [-0.3, -0.25) is 9.59 Å². The van der Waals surface area contributed by atoms with Gasteiger partial charge in [-0.15, -0.1) is 11.3 Å². The molecule has 27 heavy (non-hydrogen) atoms. The van der Waals surface area contributed by atoms with Crippen molar-refractivity contribution < 1.29 is 9.59 Å². The molecule has 3 rings (SSSR count). The van der Waals surface area contributed by atoms with E-state index in [0.29, 0.717) is 21.2 Å².